The summed E-state index contributed by atoms with van der Waals surface area (Å²) >= 11 is 0. The fourth-order valence-electron chi connectivity index (χ4n) is 2.60. The minimum atomic E-state index is -1.28. The zero-order chi connectivity index (χ0) is 21.5. The van der Waals surface area contributed by atoms with Crippen LogP contribution in [-0.4, -0.2) is 24.1 Å². The lowest BCUT2D eigenvalue weighted by Crippen LogP contribution is -2.27. The summed E-state index contributed by atoms with van der Waals surface area (Å²) in [6, 6.07) is 18.9. The highest BCUT2D eigenvalue weighted by atomic mass is 19.1. The normalized spacial score (nSPS) is 10.9. The van der Waals surface area contributed by atoms with Crippen LogP contribution in [0.25, 0.3) is 6.08 Å². The Bertz CT molecular complexity index is 1080. The Labute approximate surface area is 172 Å². The highest BCUT2D eigenvalue weighted by Crippen LogP contribution is 2.34. The van der Waals surface area contributed by atoms with Crippen LogP contribution in [0.5, 0.6) is 17.2 Å². The van der Waals surface area contributed by atoms with E-state index < -0.39 is 17.7 Å². The number of hydrogen-bond donors (Lipinski definition) is 2. The maximum absolute atomic E-state index is 14.0. The number of para-hydroxylation sites is 1. The van der Waals surface area contributed by atoms with Gasteiger partial charge in [0.15, 0.2) is 11.6 Å². The van der Waals surface area contributed by atoms with E-state index >= 15 is 0 Å². The highest BCUT2D eigenvalue weighted by Gasteiger charge is 2.14. The molecule has 0 heterocycles. The van der Waals surface area contributed by atoms with Crippen molar-refractivity contribution in [2.75, 3.05) is 7.11 Å². The number of methoxy groups -OCH3 is 1. The summed E-state index contributed by atoms with van der Waals surface area (Å²) in [4.78, 5) is 23.7. The van der Waals surface area contributed by atoms with Crippen molar-refractivity contribution in [3.8, 4) is 17.2 Å². The highest BCUT2D eigenvalue weighted by molar-refractivity contribution is 6.02. The molecule has 0 radical (unpaired) electrons. The molecule has 3 aromatic rings. The molecule has 0 aromatic heterocycles. The van der Waals surface area contributed by atoms with Crippen LogP contribution in [0.15, 0.2) is 78.5 Å². The smallest absolute Gasteiger partial charge is 0.352 e. The van der Waals surface area contributed by atoms with Gasteiger partial charge in [-0.15, -0.1) is 0 Å². The lowest BCUT2D eigenvalue weighted by molar-refractivity contribution is -0.132. The maximum atomic E-state index is 14.0. The van der Waals surface area contributed by atoms with Gasteiger partial charge in [0, 0.05) is 5.56 Å². The molecule has 3 aromatic carbocycles. The van der Waals surface area contributed by atoms with Crippen LogP contribution in [0.1, 0.15) is 15.9 Å². The molecule has 0 aliphatic heterocycles. The number of amides is 1. The summed E-state index contributed by atoms with van der Waals surface area (Å²) in [5, 5.41) is 11.8. The summed E-state index contributed by atoms with van der Waals surface area (Å²) in [5.41, 5.74) is 0.564. The molecule has 0 aliphatic carbocycles. The lowest BCUT2D eigenvalue weighted by Gasteiger charge is -2.11. The monoisotopic (exact) mass is 407 g/mol. The first-order valence-electron chi connectivity index (χ1n) is 8.89. The zero-order valence-electron chi connectivity index (χ0n) is 16.0. The fourth-order valence-corrected chi connectivity index (χ4v) is 2.60. The number of aliphatic carboxylic acids is 1. The van der Waals surface area contributed by atoms with Crippen molar-refractivity contribution in [3.05, 3.63) is 95.4 Å². The van der Waals surface area contributed by atoms with E-state index in [1.165, 1.54) is 25.3 Å². The first kappa shape index (κ1) is 20.6. The van der Waals surface area contributed by atoms with Gasteiger partial charge in [-0.25, -0.2) is 9.18 Å². The number of hydrogen-bond acceptors (Lipinski definition) is 4. The molecular formula is C23H18FNO5. The van der Waals surface area contributed by atoms with Crippen molar-refractivity contribution >= 4 is 18.0 Å². The van der Waals surface area contributed by atoms with Gasteiger partial charge >= 0.3 is 5.97 Å². The van der Waals surface area contributed by atoms with Crippen molar-refractivity contribution in [2.24, 2.45) is 0 Å². The van der Waals surface area contributed by atoms with E-state index in [-0.39, 0.29) is 17.2 Å². The van der Waals surface area contributed by atoms with E-state index in [0.717, 1.165) is 0 Å². The quantitative estimate of drug-likeness (QED) is 0.564. The molecule has 0 aliphatic rings. The van der Waals surface area contributed by atoms with Gasteiger partial charge in [0.1, 0.15) is 11.4 Å². The minimum absolute atomic E-state index is 0.0513. The summed E-state index contributed by atoms with van der Waals surface area (Å²) in [6.07, 6.45) is 1.32. The topological polar surface area (TPSA) is 84.9 Å². The molecule has 0 saturated heterocycles. The van der Waals surface area contributed by atoms with Crippen LogP contribution in [0.3, 0.4) is 0 Å². The molecule has 152 valence electrons. The number of benzene rings is 3. The van der Waals surface area contributed by atoms with Crippen LogP contribution in [0.2, 0.25) is 0 Å². The Balaban J connectivity index is 1.78. The largest absolute Gasteiger partial charge is 0.493 e. The van der Waals surface area contributed by atoms with E-state index in [1.807, 2.05) is 0 Å². The number of halogens is 1. The average molecular weight is 407 g/mol. The molecule has 0 spiro atoms. The third-order valence-electron chi connectivity index (χ3n) is 4.08. The number of carbonyl (C=O) groups is 2. The number of nitrogens with one attached hydrogen (secondary N) is 1. The Morgan fingerprint density at radius 1 is 0.967 bits per heavy atom. The first-order valence-corrected chi connectivity index (χ1v) is 8.89. The number of ether oxygens (including phenoxy) is 2. The fraction of sp³-hybridized carbons (Fsp3) is 0.0435. The third-order valence-corrected chi connectivity index (χ3v) is 4.08. The van der Waals surface area contributed by atoms with E-state index in [9.17, 15) is 19.1 Å². The van der Waals surface area contributed by atoms with E-state index in [2.05, 4.69) is 5.32 Å². The molecule has 7 heteroatoms. The average Bonchev–Trinajstić information content (AvgIpc) is 2.76. The molecule has 0 bridgehead atoms. The predicted octanol–water partition coefficient (Wildman–Crippen LogP) is 4.48. The van der Waals surface area contributed by atoms with Gasteiger partial charge in [0.05, 0.1) is 7.11 Å². The van der Waals surface area contributed by atoms with Gasteiger partial charge in [0.2, 0.25) is 5.75 Å². The van der Waals surface area contributed by atoms with E-state index in [1.54, 1.807) is 60.7 Å². The SMILES string of the molecule is COc1cccc(F)c1Oc1ccc(/C=C(/NC(=O)c2ccccc2)C(=O)O)cc1. The second-order valence-corrected chi connectivity index (χ2v) is 6.13. The Morgan fingerprint density at radius 3 is 2.30 bits per heavy atom. The van der Waals surface area contributed by atoms with Crippen LogP contribution in [0.4, 0.5) is 4.39 Å². The second-order valence-electron chi connectivity index (χ2n) is 6.13. The van der Waals surface area contributed by atoms with Crippen LogP contribution in [-0.2, 0) is 4.79 Å². The summed E-state index contributed by atoms with van der Waals surface area (Å²) in [5.74, 6) is -1.86. The molecular weight excluding hydrogens is 389 g/mol. The molecule has 2 N–H and O–H groups in total. The Morgan fingerprint density at radius 2 is 1.67 bits per heavy atom. The number of rotatable bonds is 7. The van der Waals surface area contributed by atoms with Gasteiger partial charge in [0.25, 0.3) is 5.91 Å². The van der Waals surface area contributed by atoms with Gasteiger partial charge in [-0.1, -0.05) is 36.4 Å². The van der Waals surface area contributed by atoms with Gasteiger partial charge in [-0.05, 0) is 48.0 Å². The zero-order valence-corrected chi connectivity index (χ0v) is 16.0. The van der Waals surface area contributed by atoms with Crippen molar-refractivity contribution in [3.63, 3.8) is 0 Å². The molecule has 6 nitrogen and oxygen atoms in total. The van der Waals surface area contributed by atoms with E-state index in [4.69, 9.17) is 9.47 Å². The second kappa shape index (κ2) is 9.38. The lowest BCUT2D eigenvalue weighted by atomic mass is 10.1. The van der Waals surface area contributed by atoms with Crippen molar-refractivity contribution in [2.45, 2.75) is 0 Å². The molecule has 0 saturated carbocycles. The van der Waals surface area contributed by atoms with Gasteiger partial charge in [-0.2, -0.15) is 0 Å². The van der Waals surface area contributed by atoms with Crippen molar-refractivity contribution < 1.29 is 28.6 Å². The van der Waals surface area contributed by atoms with E-state index in [0.29, 0.717) is 16.9 Å². The predicted molar refractivity (Wildman–Crippen MR) is 109 cm³/mol. The number of carboxylic acid groups (broad SMARTS) is 1. The molecule has 0 unspecified atom stereocenters. The van der Waals surface area contributed by atoms with Crippen LogP contribution < -0.4 is 14.8 Å². The molecule has 30 heavy (non-hydrogen) atoms. The standard InChI is InChI=1S/C23H18FNO5/c1-29-20-9-5-8-18(24)21(20)30-17-12-10-15(11-13-17)14-19(23(27)28)25-22(26)16-6-3-2-4-7-16/h2-14H,1H3,(H,25,26)(H,27,28)/b19-14+. The third kappa shape index (κ3) is 5.02. The van der Waals surface area contributed by atoms with Crippen molar-refractivity contribution in [1.29, 1.82) is 0 Å². The van der Waals surface area contributed by atoms with Crippen LogP contribution >= 0.6 is 0 Å². The first-order chi connectivity index (χ1) is 14.5. The Kier molecular flexibility index (Phi) is 6.44. The summed E-state index contributed by atoms with van der Waals surface area (Å²) in [6.45, 7) is 0. The molecule has 1 amide bonds. The Hall–Kier alpha value is -4.13. The number of carbonyl (C=O) groups excluding carboxylic acids is 1. The summed E-state index contributed by atoms with van der Waals surface area (Å²) < 4.78 is 24.7. The molecule has 3 rings (SSSR count). The van der Waals surface area contributed by atoms with Crippen LogP contribution in [0, 0.1) is 5.82 Å². The molecule has 0 fully saturated rings. The van der Waals surface area contributed by atoms with Crippen molar-refractivity contribution in [1.82, 2.24) is 5.32 Å². The minimum Gasteiger partial charge on any atom is -0.493 e. The maximum Gasteiger partial charge on any atom is 0.352 e. The molecule has 0 atom stereocenters. The number of carboxylic acids is 1. The summed E-state index contributed by atoms with van der Waals surface area (Å²) in [7, 11) is 1.41. The van der Waals surface area contributed by atoms with Gasteiger partial charge < -0.3 is 19.9 Å². The van der Waals surface area contributed by atoms with Gasteiger partial charge in [-0.3, -0.25) is 4.79 Å².